The molecule has 0 spiro atoms. The zero-order valence-corrected chi connectivity index (χ0v) is 12.8. The van der Waals surface area contributed by atoms with E-state index in [0.29, 0.717) is 6.04 Å². The van der Waals surface area contributed by atoms with Crippen LogP contribution < -0.4 is 5.32 Å². The van der Waals surface area contributed by atoms with Crippen LogP contribution in [0.5, 0.6) is 0 Å². The van der Waals surface area contributed by atoms with Gasteiger partial charge in [0.05, 0.1) is 6.07 Å². The number of piperidine rings is 1. The molecule has 1 saturated heterocycles. The van der Waals surface area contributed by atoms with Crippen LogP contribution in [-0.4, -0.2) is 36.1 Å². The van der Waals surface area contributed by atoms with Gasteiger partial charge in [-0.1, -0.05) is 19.3 Å². The molecule has 2 fully saturated rings. The fourth-order valence-corrected chi connectivity index (χ4v) is 4.02. The third-order valence-corrected chi connectivity index (χ3v) is 4.77. The summed E-state index contributed by atoms with van der Waals surface area (Å²) in [6.45, 7) is 9.52. The fourth-order valence-electron chi connectivity index (χ4n) is 4.02. The molecule has 2 aliphatic rings. The van der Waals surface area contributed by atoms with E-state index in [9.17, 15) is 5.26 Å². The third-order valence-electron chi connectivity index (χ3n) is 4.77. The Balaban J connectivity index is 1.90. The molecule has 0 aromatic carbocycles. The Morgan fingerprint density at radius 1 is 1.26 bits per heavy atom. The molecule has 1 saturated carbocycles. The lowest BCUT2D eigenvalue weighted by Gasteiger charge is -2.43. The first-order chi connectivity index (χ1) is 9.02. The van der Waals surface area contributed by atoms with Crippen molar-refractivity contribution in [3.8, 4) is 6.07 Å². The molecule has 3 heteroatoms. The van der Waals surface area contributed by atoms with E-state index in [4.69, 9.17) is 0 Å². The highest BCUT2D eigenvalue weighted by atomic mass is 15.2. The van der Waals surface area contributed by atoms with Gasteiger partial charge in [-0.2, -0.15) is 5.26 Å². The number of likely N-dealkylation sites (tertiary alicyclic amines) is 1. The molecule has 0 amide bonds. The van der Waals surface area contributed by atoms with Gasteiger partial charge in [-0.05, 0) is 52.0 Å². The van der Waals surface area contributed by atoms with E-state index >= 15 is 0 Å². The summed E-state index contributed by atoms with van der Waals surface area (Å²) < 4.78 is 0. The van der Waals surface area contributed by atoms with E-state index in [2.05, 4.69) is 30.1 Å². The third kappa shape index (κ3) is 3.94. The predicted octanol–water partition coefficient (Wildman–Crippen LogP) is 2.78. The summed E-state index contributed by atoms with van der Waals surface area (Å²) in [6, 6.07) is 2.83. The number of nitriles is 1. The molecule has 2 rings (SSSR count). The van der Waals surface area contributed by atoms with E-state index in [0.717, 1.165) is 18.4 Å². The molecule has 3 unspecified atom stereocenters. The quantitative estimate of drug-likeness (QED) is 0.847. The maximum Gasteiger partial charge on any atom is 0.116 e. The van der Waals surface area contributed by atoms with Gasteiger partial charge >= 0.3 is 0 Å². The highest BCUT2D eigenvalue weighted by Gasteiger charge is 2.34. The van der Waals surface area contributed by atoms with Crippen LogP contribution in [-0.2, 0) is 0 Å². The maximum absolute atomic E-state index is 9.46. The van der Waals surface area contributed by atoms with Crippen molar-refractivity contribution in [2.75, 3.05) is 19.6 Å². The van der Waals surface area contributed by atoms with Crippen LogP contribution >= 0.6 is 0 Å². The molecule has 1 heterocycles. The molecule has 3 nitrogen and oxygen atoms in total. The van der Waals surface area contributed by atoms with Crippen LogP contribution in [0.4, 0.5) is 0 Å². The predicted molar refractivity (Wildman–Crippen MR) is 78.8 cm³/mol. The van der Waals surface area contributed by atoms with Crippen LogP contribution in [0.2, 0.25) is 0 Å². The summed E-state index contributed by atoms with van der Waals surface area (Å²) in [5, 5.41) is 12.9. The Morgan fingerprint density at radius 2 is 1.95 bits per heavy atom. The van der Waals surface area contributed by atoms with Crippen LogP contribution in [0.3, 0.4) is 0 Å². The second kappa shape index (κ2) is 6.24. The van der Waals surface area contributed by atoms with Crippen molar-refractivity contribution in [3.63, 3.8) is 0 Å². The average molecular weight is 263 g/mol. The topological polar surface area (TPSA) is 39.1 Å². The van der Waals surface area contributed by atoms with Gasteiger partial charge in [-0.25, -0.2) is 0 Å². The molecule has 1 N–H and O–H groups in total. The Morgan fingerprint density at radius 3 is 2.58 bits per heavy atom. The van der Waals surface area contributed by atoms with Gasteiger partial charge in [0.1, 0.15) is 5.54 Å². The Kier molecular flexibility index (Phi) is 4.86. The van der Waals surface area contributed by atoms with Crippen molar-refractivity contribution in [1.29, 1.82) is 5.26 Å². The summed E-state index contributed by atoms with van der Waals surface area (Å²) in [5.41, 5.74) is -0.407. The van der Waals surface area contributed by atoms with Gasteiger partial charge in [0.25, 0.3) is 0 Å². The van der Waals surface area contributed by atoms with E-state index in [1.54, 1.807) is 0 Å². The molecule has 0 radical (unpaired) electrons. The molecule has 3 atom stereocenters. The summed E-state index contributed by atoms with van der Waals surface area (Å²) in [7, 11) is 0. The second-order valence-electron chi connectivity index (χ2n) is 7.07. The average Bonchev–Trinajstić information content (AvgIpc) is 2.37. The zero-order chi connectivity index (χ0) is 13.9. The Bertz CT molecular complexity index is 333. The van der Waals surface area contributed by atoms with Gasteiger partial charge < -0.3 is 4.90 Å². The number of rotatable bonds is 4. The molecular weight excluding hydrogens is 234 g/mol. The summed E-state index contributed by atoms with van der Waals surface area (Å²) >= 11 is 0. The summed E-state index contributed by atoms with van der Waals surface area (Å²) in [6.07, 6.45) is 7.04. The SMILES string of the molecule is CC(C)NC(C)(C#N)CN1CCC2CCCCC2C1. The molecule has 0 aromatic rings. The minimum atomic E-state index is -0.407. The van der Waals surface area contributed by atoms with Gasteiger partial charge in [0.15, 0.2) is 0 Å². The van der Waals surface area contributed by atoms with Crippen LogP contribution in [0.25, 0.3) is 0 Å². The monoisotopic (exact) mass is 263 g/mol. The van der Waals surface area contributed by atoms with Crippen LogP contribution in [0, 0.1) is 23.2 Å². The first kappa shape index (κ1) is 14.8. The lowest BCUT2D eigenvalue weighted by atomic mass is 9.75. The van der Waals surface area contributed by atoms with Crippen molar-refractivity contribution >= 4 is 0 Å². The normalized spacial score (nSPS) is 31.5. The highest BCUT2D eigenvalue weighted by Crippen LogP contribution is 2.36. The van der Waals surface area contributed by atoms with Gasteiger partial charge in [0, 0.05) is 19.1 Å². The number of hydrogen-bond acceptors (Lipinski definition) is 3. The van der Waals surface area contributed by atoms with Crippen molar-refractivity contribution in [1.82, 2.24) is 10.2 Å². The standard InChI is InChI=1S/C16H29N3/c1-13(2)18-16(3,11-17)12-19-9-8-14-6-4-5-7-15(14)10-19/h13-15,18H,4-10,12H2,1-3H3. The molecular formula is C16H29N3. The molecule has 0 bridgehead atoms. The smallest absolute Gasteiger partial charge is 0.116 e. The molecule has 1 aliphatic carbocycles. The maximum atomic E-state index is 9.46. The number of hydrogen-bond donors (Lipinski definition) is 1. The van der Waals surface area contributed by atoms with Gasteiger partial charge in [-0.3, -0.25) is 5.32 Å². The van der Waals surface area contributed by atoms with Crippen molar-refractivity contribution in [3.05, 3.63) is 0 Å². The minimum Gasteiger partial charge on any atom is -0.300 e. The molecule has 0 aromatic heterocycles. The van der Waals surface area contributed by atoms with Crippen molar-refractivity contribution < 1.29 is 0 Å². The fraction of sp³-hybridized carbons (Fsp3) is 0.938. The summed E-state index contributed by atoms with van der Waals surface area (Å²) in [4.78, 5) is 2.52. The van der Waals surface area contributed by atoms with Crippen molar-refractivity contribution in [2.24, 2.45) is 11.8 Å². The van der Waals surface area contributed by atoms with E-state index < -0.39 is 5.54 Å². The van der Waals surface area contributed by atoms with Gasteiger partial charge in [0.2, 0.25) is 0 Å². The van der Waals surface area contributed by atoms with E-state index in [-0.39, 0.29) is 0 Å². The summed E-state index contributed by atoms with van der Waals surface area (Å²) in [5.74, 6) is 1.86. The highest BCUT2D eigenvalue weighted by molar-refractivity contribution is 5.07. The first-order valence-corrected chi connectivity index (χ1v) is 7.94. The lowest BCUT2D eigenvalue weighted by Crippen LogP contribution is -2.55. The van der Waals surface area contributed by atoms with E-state index in [1.807, 2.05) is 6.92 Å². The largest absolute Gasteiger partial charge is 0.300 e. The number of nitrogens with zero attached hydrogens (tertiary/aromatic N) is 2. The molecule has 108 valence electrons. The lowest BCUT2D eigenvalue weighted by molar-refractivity contribution is 0.0731. The Labute approximate surface area is 118 Å². The van der Waals surface area contributed by atoms with Gasteiger partial charge in [-0.15, -0.1) is 0 Å². The number of nitrogens with one attached hydrogen (secondary N) is 1. The molecule has 19 heavy (non-hydrogen) atoms. The first-order valence-electron chi connectivity index (χ1n) is 7.94. The van der Waals surface area contributed by atoms with Crippen molar-refractivity contribution in [2.45, 2.75) is 64.5 Å². The van der Waals surface area contributed by atoms with E-state index in [1.165, 1.54) is 45.2 Å². The number of fused-ring (bicyclic) bond motifs is 1. The second-order valence-corrected chi connectivity index (χ2v) is 7.07. The molecule has 1 aliphatic heterocycles. The van der Waals surface area contributed by atoms with Crippen LogP contribution in [0.15, 0.2) is 0 Å². The zero-order valence-electron chi connectivity index (χ0n) is 12.8. The Hall–Kier alpha value is -0.590. The minimum absolute atomic E-state index is 0.358. The van der Waals surface area contributed by atoms with Crippen LogP contribution in [0.1, 0.15) is 52.9 Å².